The fourth-order valence-electron chi connectivity index (χ4n) is 4.07. The Labute approximate surface area is 244 Å². The van der Waals surface area contributed by atoms with Gasteiger partial charge in [-0.05, 0) is 66.1 Å². The third-order valence-corrected chi connectivity index (χ3v) is 6.96. The molecule has 0 fully saturated rings. The van der Waals surface area contributed by atoms with Crippen LogP contribution in [0.2, 0.25) is 0 Å². The molecule has 4 aromatic rings. The smallest absolute Gasteiger partial charge is 0.481 e. The SMILES string of the molecule is O=C(O)CCNC(=O)c1ccc(CC(c2ccc(OC(F)(F)F)cc2)c2nc(-c3ccc(OC(F)(F)F)cc3)cs2)cc1. The first-order valence-corrected chi connectivity index (χ1v) is 13.4. The number of aliphatic carboxylic acids is 1. The first-order chi connectivity index (χ1) is 20.3. The molecule has 3 aromatic carbocycles. The molecule has 7 nitrogen and oxygen atoms in total. The van der Waals surface area contributed by atoms with E-state index in [4.69, 9.17) is 5.11 Å². The number of carbonyl (C=O) groups excluding carboxylic acids is 1. The normalized spacial score (nSPS) is 12.4. The molecule has 0 aliphatic heterocycles. The molecule has 14 heteroatoms. The molecule has 0 saturated carbocycles. The van der Waals surface area contributed by atoms with E-state index in [1.165, 1.54) is 47.7 Å². The van der Waals surface area contributed by atoms with Gasteiger partial charge in [-0.25, -0.2) is 4.98 Å². The predicted octanol–water partition coefficient (Wildman–Crippen LogP) is 7.19. The summed E-state index contributed by atoms with van der Waals surface area (Å²) >= 11 is 1.27. The van der Waals surface area contributed by atoms with Crippen LogP contribution in [-0.2, 0) is 11.2 Å². The van der Waals surface area contributed by atoms with Crippen LogP contribution in [0.5, 0.6) is 11.5 Å². The van der Waals surface area contributed by atoms with Crippen LogP contribution in [0.25, 0.3) is 11.3 Å². The number of rotatable bonds is 11. The summed E-state index contributed by atoms with van der Waals surface area (Å²) in [4.78, 5) is 27.6. The number of nitrogens with zero attached hydrogens (tertiary/aromatic N) is 1. The van der Waals surface area contributed by atoms with Crippen LogP contribution < -0.4 is 14.8 Å². The summed E-state index contributed by atoms with van der Waals surface area (Å²) in [6.07, 6.45) is -9.57. The number of ether oxygens (including phenoxy) is 2. The number of aromatic nitrogens is 1. The van der Waals surface area contributed by atoms with Gasteiger partial charge in [-0.15, -0.1) is 37.7 Å². The Bertz CT molecular complexity index is 1540. The fraction of sp³-hybridized carbons (Fsp3) is 0.207. The van der Waals surface area contributed by atoms with Crippen molar-refractivity contribution >= 4 is 23.2 Å². The highest BCUT2D eigenvalue weighted by molar-refractivity contribution is 7.10. The fourth-order valence-corrected chi connectivity index (χ4v) is 5.03. The summed E-state index contributed by atoms with van der Waals surface area (Å²) in [5, 5.41) is 13.5. The number of benzene rings is 3. The van der Waals surface area contributed by atoms with Crippen molar-refractivity contribution in [2.45, 2.75) is 31.5 Å². The van der Waals surface area contributed by atoms with Gasteiger partial charge in [0.2, 0.25) is 0 Å². The van der Waals surface area contributed by atoms with Crippen molar-refractivity contribution in [3.63, 3.8) is 0 Å². The van der Waals surface area contributed by atoms with Crippen molar-refractivity contribution in [1.29, 1.82) is 0 Å². The lowest BCUT2D eigenvalue weighted by Crippen LogP contribution is -2.25. The second-order valence-electron chi connectivity index (χ2n) is 9.11. The van der Waals surface area contributed by atoms with Crippen LogP contribution in [0, 0.1) is 0 Å². The maximum atomic E-state index is 12.7. The van der Waals surface area contributed by atoms with Crippen LogP contribution in [0.3, 0.4) is 0 Å². The Morgan fingerprint density at radius 3 is 1.93 bits per heavy atom. The number of carboxylic acid groups (broad SMARTS) is 1. The molecule has 2 N–H and O–H groups in total. The van der Waals surface area contributed by atoms with E-state index in [0.29, 0.717) is 33.8 Å². The molecule has 43 heavy (non-hydrogen) atoms. The summed E-state index contributed by atoms with van der Waals surface area (Å²) in [5.74, 6) is -2.71. The Balaban J connectivity index is 1.57. The van der Waals surface area contributed by atoms with Crippen molar-refractivity contribution in [2.24, 2.45) is 0 Å². The average molecular weight is 625 g/mol. The first-order valence-electron chi connectivity index (χ1n) is 12.5. The molecular weight excluding hydrogens is 602 g/mol. The minimum atomic E-state index is -4.85. The summed E-state index contributed by atoms with van der Waals surface area (Å²) in [6, 6.07) is 17.1. The third kappa shape index (κ3) is 9.46. The van der Waals surface area contributed by atoms with E-state index < -0.39 is 36.3 Å². The van der Waals surface area contributed by atoms with Gasteiger partial charge in [0.15, 0.2) is 0 Å². The number of thiazole rings is 1. The largest absolute Gasteiger partial charge is 0.573 e. The van der Waals surface area contributed by atoms with Crippen molar-refractivity contribution in [3.8, 4) is 22.8 Å². The Morgan fingerprint density at radius 1 is 0.837 bits per heavy atom. The minimum Gasteiger partial charge on any atom is -0.481 e. The quantitative estimate of drug-likeness (QED) is 0.172. The van der Waals surface area contributed by atoms with Gasteiger partial charge in [-0.2, -0.15) is 0 Å². The summed E-state index contributed by atoms with van der Waals surface area (Å²) in [6.45, 7) is -0.0312. The molecular formula is C29H22F6N2O5S. The molecule has 1 aromatic heterocycles. The van der Waals surface area contributed by atoms with Gasteiger partial charge in [-0.3, -0.25) is 9.59 Å². The van der Waals surface area contributed by atoms with Gasteiger partial charge in [0, 0.05) is 29.0 Å². The molecule has 226 valence electrons. The Kier molecular flexibility index (Phi) is 9.59. The van der Waals surface area contributed by atoms with Crippen LogP contribution >= 0.6 is 11.3 Å². The molecule has 1 heterocycles. The van der Waals surface area contributed by atoms with Gasteiger partial charge in [0.25, 0.3) is 5.91 Å². The molecule has 0 radical (unpaired) electrons. The standard InChI is InChI=1S/C29H22F6N2O5S/c30-28(31,32)41-21-9-5-18(6-10-21)23(15-17-1-3-20(4-2-17)26(40)36-14-13-25(38)39)27-37-24(16-43-27)19-7-11-22(12-8-19)42-29(33,34)35/h1-12,16,23H,13-15H2,(H,36,40)(H,38,39). The van der Waals surface area contributed by atoms with Crippen LogP contribution in [0.4, 0.5) is 26.3 Å². The number of nitrogens with one attached hydrogen (secondary N) is 1. The van der Waals surface area contributed by atoms with Gasteiger partial charge < -0.3 is 19.9 Å². The molecule has 0 aliphatic carbocycles. The summed E-state index contributed by atoms with van der Waals surface area (Å²) < 4.78 is 83.4. The Morgan fingerprint density at radius 2 is 1.40 bits per heavy atom. The Hall–Kier alpha value is -4.59. The van der Waals surface area contributed by atoms with E-state index in [9.17, 15) is 35.9 Å². The van der Waals surface area contributed by atoms with Crippen molar-refractivity contribution in [2.75, 3.05) is 6.54 Å². The minimum absolute atomic E-state index is 0.0312. The summed E-state index contributed by atoms with van der Waals surface area (Å²) in [5.41, 5.74) is 2.72. The molecule has 4 rings (SSSR count). The number of carbonyl (C=O) groups is 2. The number of halogens is 6. The monoisotopic (exact) mass is 624 g/mol. The number of carboxylic acids is 1. The van der Waals surface area contributed by atoms with E-state index in [1.54, 1.807) is 29.6 Å². The topological polar surface area (TPSA) is 97.8 Å². The van der Waals surface area contributed by atoms with Gasteiger partial charge in [-0.1, -0.05) is 24.3 Å². The molecule has 1 amide bonds. The lowest BCUT2D eigenvalue weighted by atomic mass is 9.92. The number of alkyl halides is 6. The molecule has 0 aliphatic rings. The van der Waals surface area contributed by atoms with Crippen molar-refractivity contribution < 1.29 is 50.5 Å². The number of amides is 1. The van der Waals surface area contributed by atoms with E-state index in [1.807, 2.05) is 0 Å². The number of hydrogen-bond acceptors (Lipinski definition) is 6. The first kappa shape index (κ1) is 31.3. The van der Waals surface area contributed by atoms with Gasteiger partial charge in [0.05, 0.1) is 12.1 Å². The highest BCUT2D eigenvalue weighted by atomic mass is 32.1. The van der Waals surface area contributed by atoms with E-state index >= 15 is 0 Å². The second-order valence-corrected chi connectivity index (χ2v) is 10.0. The second kappa shape index (κ2) is 13.2. The lowest BCUT2D eigenvalue weighted by Gasteiger charge is -2.17. The maximum absolute atomic E-state index is 12.7. The zero-order chi connectivity index (χ0) is 31.2. The van der Waals surface area contributed by atoms with Crippen LogP contribution in [-0.4, -0.2) is 41.2 Å². The van der Waals surface area contributed by atoms with Gasteiger partial charge in [0.1, 0.15) is 16.5 Å². The highest BCUT2D eigenvalue weighted by Crippen LogP contribution is 2.35. The maximum Gasteiger partial charge on any atom is 0.573 e. The average Bonchev–Trinajstić information content (AvgIpc) is 3.41. The van der Waals surface area contributed by atoms with E-state index in [-0.39, 0.29) is 18.7 Å². The van der Waals surface area contributed by atoms with Crippen LogP contribution in [0.15, 0.2) is 78.2 Å². The zero-order valence-corrected chi connectivity index (χ0v) is 22.7. The van der Waals surface area contributed by atoms with Crippen molar-refractivity contribution in [3.05, 3.63) is 99.9 Å². The molecule has 0 saturated heterocycles. The lowest BCUT2D eigenvalue weighted by molar-refractivity contribution is -0.275. The van der Waals surface area contributed by atoms with Crippen molar-refractivity contribution in [1.82, 2.24) is 10.3 Å². The molecule has 0 bridgehead atoms. The molecule has 0 spiro atoms. The molecule has 1 atom stereocenters. The zero-order valence-electron chi connectivity index (χ0n) is 21.9. The third-order valence-electron chi connectivity index (χ3n) is 6.00. The van der Waals surface area contributed by atoms with Gasteiger partial charge >= 0.3 is 18.7 Å². The van der Waals surface area contributed by atoms with E-state index in [2.05, 4.69) is 19.8 Å². The highest BCUT2D eigenvalue weighted by Gasteiger charge is 2.32. The summed E-state index contributed by atoms with van der Waals surface area (Å²) in [7, 11) is 0. The van der Waals surface area contributed by atoms with E-state index in [0.717, 1.165) is 17.7 Å². The predicted molar refractivity (Wildman–Crippen MR) is 144 cm³/mol. The van der Waals surface area contributed by atoms with Crippen LogP contribution in [0.1, 0.15) is 38.8 Å². The number of hydrogen-bond donors (Lipinski definition) is 2. The molecule has 1 unspecified atom stereocenters.